The highest BCUT2D eigenvalue weighted by Gasteiger charge is 2.42. The van der Waals surface area contributed by atoms with Gasteiger partial charge >= 0.3 is 0 Å². The summed E-state index contributed by atoms with van der Waals surface area (Å²) in [5.74, 6) is -0.0539. The van der Waals surface area contributed by atoms with Gasteiger partial charge in [-0.3, -0.25) is 0 Å². The maximum absolute atomic E-state index is 12.4. The van der Waals surface area contributed by atoms with Crippen molar-refractivity contribution < 1.29 is 8.42 Å². The zero-order chi connectivity index (χ0) is 13.6. The molecule has 2 atom stereocenters. The Balaban J connectivity index is 2.21. The van der Waals surface area contributed by atoms with Crippen LogP contribution in [-0.2, 0) is 9.84 Å². The molecule has 2 aromatic carbocycles. The van der Waals surface area contributed by atoms with Crippen LogP contribution in [0.15, 0.2) is 53.4 Å². The van der Waals surface area contributed by atoms with Crippen LogP contribution < -0.4 is 0 Å². The van der Waals surface area contributed by atoms with Gasteiger partial charge in [0, 0.05) is 5.92 Å². The van der Waals surface area contributed by atoms with Crippen LogP contribution in [0.25, 0.3) is 0 Å². The molecule has 1 aliphatic heterocycles. The zero-order valence-corrected chi connectivity index (χ0v) is 11.8. The number of rotatable bonds is 1. The molecule has 3 rings (SSSR count). The summed E-state index contributed by atoms with van der Waals surface area (Å²) in [5.41, 5.74) is 3.19. The molecule has 98 valence electrons. The molecule has 3 heteroatoms. The molecule has 0 amide bonds. The third-order valence-corrected chi connectivity index (χ3v) is 6.19. The van der Waals surface area contributed by atoms with Gasteiger partial charge in [-0.1, -0.05) is 48.0 Å². The Morgan fingerprint density at radius 1 is 0.947 bits per heavy atom. The third kappa shape index (κ3) is 1.80. The lowest BCUT2D eigenvalue weighted by molar-refractivity contribution is 0.586. The van der Waals surface area contributed by atoms with E-state index in [0.717, 1.165) is 11.1 Å². The fourth-order valence-electron chi connectivity index (χ4n) is 2.85. The molecule has 0 fully saturated rings. The fraction of sp³-hybridized carbons (Fsp3) is 0.250. The predicted octanol–water partition coefficient (Wildman–Crippen LogP) is 3.30. The number of fused-ring (bicyclic) bond motifs is 1. The van der Waals surface area contributed by atoms with Crippen LogP contribution >= 0.6 is 0 Å². The van der Waals surface area contributed by atoms with Crippen LogP contribution in [0.2, 0.25) is 0 Å². The number of benzene rings is 2. The molecule has 1 heterocycles. The predicted molar refractivity (Wildman–Crippen MR) is 76.1 cm³/mol. The SMILES string of the molecule is Cc1ccc(C2c3ccccc3S(=O)(=O)C2C)cc1. The van der Waals surface area contributed by atoms with Crippen molar-refractivity contribution >= 4 is 9.84 Å². The Kier molecular flexibility index (Phi) is 2.75. The van der Waals surface area contributed by atoms with Crippen LogP contribution in [0.1, 0.15) is 29.5 Å². The molecule has 0 bridgehead atoms. The summed E-state index contributed by atoms with van der Waals surface area (Å²) < 4.78 is 24.9. The van der Waals surface area contributed by atoms with Gasteiger partial charge < -0.3 is 0 Å². The first-order valence-electron chi connectivity index (χ1n) is 6.41. The van der Waals surface area contributed by atoms with E-state index in [9.17, 15) is 8.42 Å². The van der Waals surface area contributed by atoms with E-state index in [1.165, 1.54) is 5.56 Å². The molecule has 0 spiro atoms. The average Bonchev–Trinajstić information content (AvgIpc) is 2.60. The van der Waals surface area contributed by atoms with Gasteiger partial charge in [0.05, 0.1) is 10.1 Å². The molecule has 0 saturated carbocycles. The number of hydrogen-bond acceptors (Lipinski definition) is 2. The molecule has 0 N–H and O–H groups in total. The van der Waals surface area contributed by atoms with Crippen molar-refractivity contribution in [2.75, 3.05) is 0 Å². The number of aryl methyl sites for hydroxylation is 1. The largest absolute Gasteiger partial charge is 0.223 e. The maximum atomic E-state index is 12.4. The monoisotopic (exact) mass is 272 g/mol. The van der Waals surface area contributed by atoms with Crippen molar-refractivity contribution in [2.24, 2.45) is 0 Å². The maximum Gasteiger partial charge on any atom is 0.182 e. The summed E-state index contributed by atoms with van der Waals surface area (Å²) in [6.07, 6.45) is 0. The second kappa shape index (κ2) is 4.20. The minimum absolute atomic E-state index is 0.0539. The van der Waals surface area contributed by atoms with E-state index < -0.39 is 15.1 Å². The van der Waals surface area contributed by atoms with E-state index in [4.69, 9.17) is 0 Å². The normalized spacial score (nSPS) is 24.1. The zero-order valence-electron chi connectivity index (χ0n) is 11.0. The number of hydrogen-bond donors (Lipinski definition) is 0. The van der Waals surface area contributed by atoms with E-state index in [1.54, 1.807) is 19.1 Å². The molecule has 0 saturated heterocycles. The van der Waals surface area contributed by atoms with Crippen LogP contribution in [0.4, 0.5) is 0 Å². The van der Waals surface area contributed by atoms with Crippen molar-refractivity contribution in [3.63, 3.8) is 0 Å². The molecule has 0 radical (unpaired) electrons. The quantitative estimate of drug-likeness (QED) is 0.798. The summed E-state index contributed by atoms with van der Waals surface area (Å²) in [6.45, 7) is 3.84. The smallest absolute Gasteiger partial charge is 0.182 e. The highest BCUT2D eigenvalue weighted by Crippen LogP contribution is 2.43. The van der Waals surface area contributed by atoms with Gasteiger partial charge in [0.15, 0.2) is 9.84 Å². The van der Waals surface area contributed by atoms with E-state index >= 15 is 0 Å². The van der Waals surface area contributed by atoms with E-state index in [-0.39, 0.29) is 5.92 Å². The van der Waals surface area contributed by atoms with Crippen molar-refractivity contribution in [3.8, 4) is 0 Å². The van der Waals surface area contributed by atoms with Crippen LogP contribution in [0.5, 0.6) is 0 Å². The molecular weight excluding hydrogens is 256 g/mol. The van der Waals surface area contributed by atoms with Crippen molar-refractivity contribution in [1.82, 2.24) is 0 Å². The Bertz CT molecular complexity index is 715. The first-order chi connectivity index (χ1) is 9.01. The first kappa shape index (κ1) is 12.4. The average molecular weight is 272 g/mol. The van der Waals surface area contributed by atoms with Gasteiger partial charge in [-0.2, -0.15) is 0 Å². The Hall–Kier alpha value is -1.61. The van der Waals surface area contributed by atoms with E-state index in [2.05, 4.69) is 0 Å². The number of sulfone groups is 1. The summed E-state index contributed by atoms with van der Waals surface area (Å²) >= 11 is 0. The van der Waals surface area contributed by atoms with E-state index in [0.29, 0.717) is 4.90 Å². The molecule has 2 nitrogen and oxygen atoms in total. The minimum Gasteiger partial charge on any atom is -0.223 e. The second-order valence-corrected chi connectivity index (χ2v) is 7.45. The Morgan fingerprint density at radius 3 is 2.26 bits per heavy atom. The third-order valence-electron chi connectivity index (χ3n) is 3.96. The van der Waals surface area contributed by atoms with Crippen LogP contribution in [0, 0.1) is 6.92 Å². The fourth-order valence-corrected chi connectivity index (χ4v) is 4.71. The lowest BCUT2D eigenvalue weighted by atomic mass is 9.89. The van der Waals surface area contributed by atoms with Gasteiger partial charge in [-0.25, -0.2) is 8.42 Å². The molecular formula is C16H16O2S. The minimum atomic E-state index is -3.19. The molecule has 1 aliphatic rings. The van der Waals surface area contributed by atoms with Gasteiger partial charge in [0.2, 0.25) is 0 Å². The molecule has 2 unspecified atom stereocenters. The highest BCUT2D eigenvalue weighted by atomic mass is 32.2. The van der Waals surface area contributed by atoms with Crippen LogP contribution in [-0.4, -0.2) is 13.7 Å². The van der Waals surface area contributed by atoms with Gasteiger partial charge in [0.1, 0.15) is 0 Å². The van der Waals surface area contributed by atoms with Crippen LogP contribution in [0.3, 0.4) is 0 Å². The van der Waals surface area contributed by atoms with Gasteiger partial charge in [-0.05, 0) is 31.0 Å². The Morgan fingerprint density at radius 2 is 1.58 bits per heavy atom. The molecule has 19 heavy (non-hydrogen) atoms. The summed E-state index contributed by atoms with van der Waals surface area (Å²) in [6, 6.07) is 15.5. The summed E-state index contributed by atoms with van der Waals surface area (Å²) in [4.78, 5) is 0.494. The van der Waals surface area contributed by atoms with Gasteiger partial charge in [-0.15, -0.1) is 0 Å². The standard InChI is InChI=1S/C16H16O2S/c1-11-7-9-13(10-8-11)16-12(2)19(17,18)15-6-4-3-5-14(15)16/h3-10,12,16H,1-2H3. The Labute approximate surface area is 114 Å². The molecule has 2 aromatic rings. The first-order valence-corrected chi connectivity index (χ1v) is 7.96. The van der Waals surface area contributed by atoms with Crippen molar-refractivity contribution in [1.29, 1.82) is 0 Å². The lowest BCUT2D eigenvalue weighted by Crippen LogP contribution is -2.17. The summed E-state index contributed by atoms with van der Waals surface area (Å²) in [5, 5.41) is -0.396. The van der Waals surface area contributed by atoms with E-state index in [1.807, 2.05) is 43.3 Å². The topological polar surface area (TPSA) is 34.1 Å². The second-order valence-electron chi connectivity index (χ2n) is 5.18. The molecule has 0 aromatic heterocycles. The van der Waals surface area contributed by atoms with Crippen molar-refractivity contribution in [3.05, 3.63) is 65.2 Å². The molecule has 0 aliphatic carbocycles. The summed E-state index contributed by atoms with van der Waals surface area (Å²) in [7, 11) is -3.19. The lowest BCUT2D eigenvalue weighted by Gasteiger charge is -2.16. The van der Waals surface area contributed by atoms with Gasteiger partial charge in [0.25, 0.3) is 0 Å². The van der Waals surface area contributed by atoms with Crippen molar-refractivity contribution in [2.45, 2.75) is 29.9 Å². The highest BCUT2D eigenvalue weighted by molar-refractivity contribution is 7.92.